The molecular weight excluding hydrogens is 328 g/mol. The Balaban J connectivity index is 2.12. The van der Waals surface area contributed by atoms with Gasteiger partial charge in [0, 0.05) is 20.2 Å². The van der Waals surface area contributed by atoms with Crippen LogP contribution in [0.15, 0.2) is 60.7 Å². The van der Waals surface area contributed by atoms with Gasteiger partial charge in [0.2, 0.25) is 11.8 Å². The molecule has 5 nitrogen and oxygen atoms in total. The molecule has 2 aromatic carbocycles. The summed E-state index contributed by atoms with van der Waals surface area (Å²) >= 11 is 0. The zero-order valence-electron chi connectivity index (χ0n) is 15.4. The third-order valence-electron chi connectivity index (χ3n) is 4.17. The summed E-state index contributed by atoms with van der Waals surface area (Å²) in [6, 6.07) is 18.7. The van der Waals surface area contributed by atoms with Gasteiger partial charge in [-0.3, -0.25) is 9.59 Å². The van der Waals surface area contributed by atoms with Crippen molar-refractivity contribution in [1.29, 1.82) is 0 Å². The Kier molecular flexibility index (Phi) is 7.83. The van der Waals surface area contributed by atoms with Crippen LogP contribution in [0.1, 0.15) is 18.1 Å². The number of hydrogen-bond acceptors (Lipinski definition) is 3. The molecule has 0 aromatic heterocycles. The van der Waals surface area contributed by atoms with Crippen LogP contribution in [0.5, 0.6) is 0 Å². The smallest absolute Gasteiger partial charge is 0.242 e. The molecule has 5 heteroatoms. The van der Waals surface area contributed by atoms with Crippen molar-refractivity contribution in [2.24, 2.45) is 0 Å². The lowest BCUT2D eigenvalue weighted by Crippen LogP contribution is -2.48. The molecule has 0 aliphatic rings. The number of methoxy groups -OCH3 is 1. The first-order chi connectivity index (χ1) is 12.6. The fourth-order valence-electron chi connectivity index (χ4n) is 2.66. The molecule has 0 aliphatic heterocycles. The zero-order chi connectivity index (χ0) is 18.8. The molecule has 2 amide bonds. The molecule has 0 spiro atoms. The number of nitrogens with one attached hydrogen (secondary N) is 1. The van der Waals surface area contributed by atoms with Gasteiger partial charge in [-0.25, -0.2) is 0 Å². The number of hydrogen-bond donors (Lipinski definition) is 1. The van der Waals surface area contributed by atoms with Gasteiger partial charge >= 0.3 is 0 Å². The predicted octanol–water partition coefficient (Wildman–Crippen LogP) is 2.41. The van der Waals surface area contributed by atoms with E-state index in [0.717, 1.165) is 11.1 Å². The van der Waals surface area contributed by atoms with Crippen LogP contribution in [-0.2, 0) is 27.3 Å². The maximum atomic E-state index is 12.9. The van der Waals surface area contributed by atoms with Gasteiger partial charge in [0.15, 0.2) is 0 Å². The summed E-state index contributed by atoms with van der Waals surface area (Å²) in [5.41, 5.74) is 1.92. The maximum absolute atomic E-state index is 12.9. The largest absolute Gasteiger partial charge is 0.383 e. The standard InChI is InChI=1S/C21H26N2O3/c1-17(21(25)22-13-14-26-2)23(16-19-11-7-4-8-12-19)20(24)15-18-9-5-3-6-10-18/h3-12,17H,13-16H2,1-2H3,(H,22,25). The van der Waals surface area contributed by atoms with E-state index in [1.807, 2.05) is 60.7 Å². The first kappa shape index (κ1) is 19.7. The Morgan fingerprint density at radius 2 is 1.58 bits per heavy atom. The maximum Gasteiger partial charge on any atom is 0.242 e. The molecule has 26 heavy (non-hydrogen) atoms. The van der Waals surface area contributed by atoms with E-state index in [4.69, 9.17) is 4.74 Å². The zero-order valence-corrected chi connectivity index (χ0v) is 15.4. The summed E-state index contributed by atoms with van der Waals surface area (Å²) < 4.78 is 4.96. The molecule has 0 radical (unpaired) electrons. The molecule has 138 valence electrons. The minimum absolute atomic E-state index is 0.0746. The van der Waals surface area contributed by atoms with Crippen LogP contribution in [-0.4, -0.2) is 43.0 Å². The summed E-state index contributed by atoms with van der Waals surface area (Å²) in [6.07, 6.45) is 0.267. The SMILES string of the molecule is COCCNC(=O)C(C)N(Cc1ccccc1)C(=O)Cc1ccccc1. The quantitative estimate of drug-likeness (QED) is 0.704. The van der Waals surface area contributed by atoms with Crippen LogP contribution in [0.25, 0.3) is 0 Å². The molecular formula is C21H26N2O3. The average molecular weight is 354 g/mol. The van der Waals surface area contributed by atoms with Crippen LogP contribution in [0, 0.1) is 0 Å². The summed E-state index contributed by atoms with van der Waals surface area (Å²) in [5.74, 6) is -0.256. The van der Waals surface area contributed by atoms with Crippen molar-refractivity contribution in [3.8, 4) is 0 Å². The second-order valence-corrected chi connectivity index (χ2v) is 6.13. The van der Waals surface area contributed by atoms with Crippen molar-refractivity contribution in [3.05, 3.63) is 71.8 Å². The molecule has 2 rings (SSSR count). The van der Waals surface area contributed by atoms with E-state index in [2.05, 4.69) is 5.32 Å². The van der Waals surface area contributed by atoms with Gasteiger partial charge in [0.05, 0.1) is 13.0 Å². The fraction of sp³-hybridized carbons (Fsp3) is 0.333. The number of carbonyl (C=O) groups is 2. The summed E-state index contributed by atoms with van der Waals surface area (Å²) in [4.78, 5) is 27.0. The van der Waals surface area contributed by atoms with Crippen molar-refractivity contribution in [2.45, 2.75) is 25.9 Å². The molecule has 0 aliphatic carbocycles. The van der Waals surface area contributed by atoms with Crippen molar-refractivity contribution in [2.75, 3.05) is 20.3 Å². The predicted molar refractivity (Wildman–Crippen MR) is 101 cm³/mol. The number of amides is 2. The lowest BCUT2D eigenvalue weighted by molar-refractivity contribution is -0.140. The van der Waals surface area contributed by atoms with Gasteiger partial charge in [-0.1, -0.05) is 60.7 Å². The molecule has 1 unspecified atom stereocenters. The number of rotatable bonds is 9. The number of carbonyl (C=O) groups excluding carboxylic acids is 2. The number of ether oxygens (including phenoxy) is 1. The lowest BCUT2D eigenvalue weighted by atomic mass is 10.1. The molecule has 0 saturated heterocycles. The van der Waals surface area contributed by atoms with Crippen LogP contribution in [0.4, 0.5) is 0 Å². The Morgan fingerprint density at radius 3 is 2.15 bits per heavy atom. The summed E-state index contributed by atoms with van der Waals surface area (Å²) in [5, 5.41) is 2.81. The van der Waals surface area contributed by atoms with Crippen molar-refractivity contribution < 1.29 is 14.3 Å². The van der Waals surface area contributed by atoms with E-state index < -0.39 is 6.04 Å². The second kappa shape index (κ2) is 10.4. The molecule has 0 saturated carbocycles. The highest BCUT2D eigenvalue weighted by Crippen LogP contribution is 2.12. The highest BCUT2D eigenvalue weighted by Gasteiger charge is 2.25. The summed E-state index contributed by atoms with van der Waals surface area (Å²) in [7, 11) is 1.58. The normalized spacial score (nSPS) is 11.6. The van der Waals surface area contributed by atoms with Crippen molar-refractivity contribution in [3.63, 3.8) is 0 Å². The Bertz CT molecular complexity index is 689. The second-order valence-electron chi connectivity index (χ2n) is 6.13. The summed E-state index contributed by atoms with van der Waals surface area (Å²) in [6.45, 7) is 3.01. The van der Waals surface area contributed by atoms with Gasteiger partial charge < -0.3 is 15.0 Å². The molecule has 1 atom stereocenters. The topological polar surface area (TPSA) is 58.6 Å². The Labute approximate surface area is 155 Å². The molecule has 1 N–H and O–H groups in total. The number of benzene rings is 2. The Hall–Kier alpha value is -2.66. The van der Waals surface area contributed by atoms with Crippen LogP contribution in [0.2, 0.25) is 0 Å². The van der Waals surface area contributed by atoms with Crippen LogP contribution < -0.4 is 5.32 Å². The molecule has 0 bridgehead atoms. The minimum atomic E-state index is -0.566. The van der Waals surface area contributed by atoms with E-state index in [-0.39, 0.29) is 18.2 Å². The van der Waals surface area contributed by atoms with Gasteiger partial charge in [-0.05, 0) is 18.1 Å². The van der Waals surface area contributed by atoms with E-state index in [1.165, 1.54) is 0 Å². The van der Waals surface area contributed by atoms with Crippen molar-refractivity contribution in [1.82, 2.24) is 10.2 Å². The molecule has 2 aromatic rings. The van der Waals surface area contributed by atoms with Gasteiger partial charge in [0.1, 0.15) is 6.04 Å². The first-order valence-corrected chi connectivity index (χ1v) is 8.75. The first-order valence-electron chi connectivity index (χ1n) is 8.75. The third-order valence-corrected chi connectivity index (χ3v) is 4.17. The van der Waals surface area contributed by atoms with Gasteiger partial charge in [-0.15, -0.1) is 0 Å². The molecule has 0 heterocycles. The van der Waals surface area contributed by atoms with Gasteiger partial charge in [0.25, 0.3) is 0 Å². The fourth-order valence-corrected chi connectivity index (χ4v) is 2.66. The van der Waals surface area contributed by atoms with E-state index in [0.29, 0.717) is 19.7 Å². The van der Waals surface area contributed by atoms with E-state index in [9.17, 15) is 9.59 Å². The van der Waals surface area contributed by atoms with Crippen molar-refractivity contribution >= 4 is 11.8 Å². The third kappa shape index (κ3) is 6.01. The average Bonchev–Trinajstić information content (AvgIpc) is 2.67. The van der Waals surface area contributed by atoms with Crippen LogP contribution in [0.3, 0.4) is 0 Å². The van der Waals surface area contributed by atoms with E-state index in [1.54, 1.807) is 18.9 Å². The minimum Gasteiger partial charge on any atom is -0.383 e. The highest BCUT2D eigenvalue weighted by molar-refractivity contribution is 5.88. The van der Waals surface area contributed by atoms with Crippen LogP contribution >= 0.6 is 0 Å². The Morgan fingerprint density at radius 1 is 1.00 bits per heavy atom. The monoisotopic (exact) mass is 354 g/mol. The lowest BCUT2D eigenvalue weighted by Gasteiger charge is -2.29. The van der Waals surface area contributed by atoms with Gasteiger partial charge in [-0.2, -0.15) is 0 Å². The molecule has 0 fully saturated rings. The number of nitrogens with zero attached hydrogens (tertiary/aromatic N) is 1. The highest BCUT2D eigenvalue weighted by atomic mass is 16.5. The van der Waals surface area contributed by atoms with E-state index >= 15 is 0 Å².